The van der Waals surface area contributed by atoms with Gasteiger partial charge in [-0.05, 0) is 120 Å². The molecule has 2 aliphatic rings. The summed E-state index contributed by atoms with van der Waals surface area (Å²) in [6, 6.07) is 30.3. The van der Waals surface area contributed by atoms with E-state index in [4.69, 9.17) is 9.97 Å². The van der Waals surface area contributed by atoms with E-state index in [0.717, 1.165) is 76.1 Å². The predicted octanol–water partition coefficient (Wildman–Crippen LogP) is 8.38. The molecule has 0 saturated carbocycles. The van der Waals surface area contributed by atoms with E-state index in [1.165, 1.54) is 11.4 Å². The molecule has 5 heterocycles. The zero-order valence-corrected chi connectivity index (χ0v) is 26.2. The maximum absolute atomic E-state index is 5.08. The van der Waals surface area contributed by atoms with Crippen molar-refractivity contribution in [1.82, 2.24) is 28.9 Å². The first-order chi connectivity index (χ1) is 21.0. The molecule has 0 unspecified atom stereocenters. The Balaban J connectivity index is 1.47. The molecule has 6 nitrogen and oxygen atoms in total. The van der Waals surface area contributed by atoms with Crippen molar-refractivity contribution < 1.29 is 0 Å². The van der Waals surface area contributed by atoms with E-state index in [2.05, 4.69) is 161 Å². The summed E-state index contributed by atoms with van der Waals surface area (Å²) in [6.45, 7) is 0. The largest absolute Gasteiger partial charge is 0.355 e. The molecule has 218 valence electrons. The van der Waals surface area contributed by atoms with Gasteiger partial charge in [0, 0.05) is 33.2 Å². The number of hydrogen-bond donors (Lipinski definition) is 2. The van der Waals surface area contributed by atoms with Crippen LogP contribution in [0.3, 0.4) is 0 Å². The highest BCUT2D eigenvalue weighted by Crippen LogP contribution is 2.34. The quantitative estimate of drug-likeness (QED) is 0.206. The van der Waals surface area contributed by atoms with Crippen LogP contribution in [0.4, 0.5) is 11.4 Å². The fraction of sp³-hybridized carbons (Fsp3) is 0.158. The zero-order valence-electron chi connectivity index (χ0n) is 26.2. The number of aromatic amines is 2. The molecule has 0 amide bonds. The minimum Gasteiger partial charge on any atom is -0.355 e. The molecule has 5 aromatic rings. The van der Waals surface area contributed by atoms with E-state index in [0.29, 0.717) is 0 Å². The van der Waals surface area contributed by atoms with Gasteiger partial charge in [-0.3, -0.25) is 8.97 Å². The van der Waals surface area contributed by atoms with Crippen molar-refractivity contribution in [3.8, 4) is 22.3 Å². The molecule has 0 aliphatic carbocycles. The molecule has 3 aromatic heterocycles. The van der Waals surface area contributed by atoms with Crippen molar-refractivity contribution in [3.05, 3.63) is 108 Å². The summed E-state index contributed by atoms with van der Waals surface area (Å²) < 4.78 is 1.52. The standard InChI is InChI=1S/C38H38N6/c1-43(2,3)31-15-7-25(8-16-31)37-33-19-11-27(39-33)23-29-13-21-35(41-29)38(26-9-17-32(18-10-26)44(4,5)6)36-22-14-30(42-36)24-28-12-20-34(37)40-28/h7-24,39-40H,1-6H3/q+2. The van der Waals surface area contributed by atoms with Crippen molar-refractivity contribution in [2.75, 3.05) is 42.3 Å². The highest BCUT2D eigenvalue weighted by molar-refractivity contribution is 5.94. The second-order valence-electron chi connectivity index (χ2n) is 13.3. The molecule has 2 N–H and O–H groups in total. The first kappa shape index (κ1) is 27.8. The molecule has 44 heavy (non-hydrogen) atoms. The first-order valence-corrected chi connectivity index (χ1v) is 15.0. The molecule has 0 spiro atoms. The smallest absolute Gasteiger partial charge is 0.132 e. The van der Waals surface area contributed by atoms with Crippen LogP contribution >= 0.6 is 0 Å². The maximum atomic E-state index is 5.08. The summed E-state index contributed by atoms with van der Waals surface area (Å²) in [7, 11) is 13.1. The molecule has 2 aromatic carbocycles. The third-order valence-electron chi connectivity index (χ3n) is 8.26. The molecule has 0 fully saturated rings. The van der Waals surface area contributed by atoms with Crippen molar-refractivity contribution in [2.24, 2.45) is 0 Å². The Morgan fingerprint density at radius 2 is 0.864 bits per heavy atom. The van der Waals surface area contributed by atoms with E-state index in [-0.39, 0.29) is 0 Å². The van der Waals surface area contributed by atoms with Gasteiger partial charge in [0.15, 0.2) is 0 Å². The van der Waals surface area contributed by atoms with Crippen LogP contribution in [0.25, 0.3) is 68.6 Å². The second kappa shape index (κ2) is 10.3. The maximum Gasteiger partial charge on any atom is 0.132 e. The van der Waals surface area contributed by atoms with E-state index in [1.807, 2.05) is 0 Å². The van der Waals surface area contributed by atoms with Gasteiger partial charge in [0.2, 0.25) is 0 Å². The van der Waals surface area contributed by atoms with Crippen LogP contribution in [0.2, 0.25) is 0 Å². The Bertz CT molecular complexity index is 2020. The first-order valence-electron chi connectivity index (χ1n) is 15.0. The van der Waals surface area contributed by atoms with Crippen molar-refractivity contribution >= 4 is 57.7 Å². The third-order valence-corrected chi connectivity index (χ3v) is 8.26. The SMILES string of the molecule is C[N+](C)(C)c1ccc(-c2c3nc(cc4ccc([nH]4)c(-c4ccc([N+](C)(C)C)cc4)c4ccc(cc5nc2C=C5)[nH]4)C=C3)cc1. The van der Waals surface area contributed by atoms with Crippen molar-refractivity contribution in [2.45, 2.75) is 0 Å². The lowest BCUT2D eigenvalue weighted by atomic mass is 10.0. The minimum atomic E-state index is 0.758. The predicted molar refractivity (Wildman–Crippen MR) is 189 cm³/mol. The lowest BCUT2D eigenvalue weighted by Gasteiger charge is -2.23. The topological polar surface area (TPSA) is 57.4 Å². The van der Waals surface area contributed by atoms with Crippen LogP contribution < -0.4 is 8.97 Å². The molecule has 7 rings (SSSR count). The van der Waals surface area contributed by atoms with Crippen LogP contribution in [0.15, 0.2) is 84.9 Å². The number of hydrogen-bond acceptors (Lipinski definition) is 2. The van der Waals surface area contributed by atoms with Crippen molar-refractivity contribution in [1.29, 1.82) is 0 Å². The van der Waals surface area contributed by atoms with Gasteiger partial charge in [0.25, 0.3) is 0 Å². The number of rotatable bonds is 4. The minimum absolute atomic E-state index is 0.758. The number of H-pyrrole nitrogens is 2. The average molecular weight is 579 g/mol. The van der Waals surface area contributed by atoms with Gasteiger partial charge in [-0.25, -0.2) is 9.97 Å². The fourth-order valence-corrected chi connectivity index (χ4v) is 5.83. The summed E-state index contributed by atoms with van der Waals surface area (Å²) >= 11 is 0. The Hall–Kier alpha value is -5.04. The van der Waals surface area contributed by atoms with Crippen LogP contribution in [0.5, 0.6) is 0 Å². The number of fused-ring (bicyclic) bond motifs is 8. The van der Waals surface area contributed by atoms with Gasteiger partial charge in [0.1, 0.15) is 11.4 Å². The lowest BCUT2D eigenvalue weighted by Crippen LogP contribution is -2.34. The Labute approximate surface area is 258 Å². The Morgan fingerprint density at radius 1 is 0.455 bits per heavy atom. The van der Waals surface area contributed by atoms with E-state index in [9.17, 15) is 0 Å². The molecule has 2 aliphatic heterocycles. The monoisotopic (exact) mass is 578 g/mol. The van der Waals surface area contributed by atoms with Crippen LogP contribution in [0.1, 0.15) is 22.8 Å². The second-order valence-corrected chi connectivity index (χ2v) is 13.3. The van der Waals surface area contributed by atoms with Gasteiger partial charge >= 0.3 is 0 Å². The normalized spacial score (nSPS) is 13.0. The average Bonchev–Trinajstić information content (AvgIpc) is 3.79. The molecular weight excluding hydrogens is 540 g/mol. The number of benzene rings is 2. The number of nitrogens with zero attached hydrogens (tertiary/aromatic N) is 4. The molecule has 0 saturated heterocycles. The summed E-state index contributed by atoms with van der Waals surface area (Å²) in [5, 5.41) is 0. The van der Waals surface area contributed by atoms with Crippen molar-refractivity contribution in [3.63, 3.8) is 0 Å². The van der Waals surface area contributed by atoms with E-state index >= 15 is 0 Å². The molecule has 6 heteroatoms. The van der Waals surface area contributed by atoms with E-state index < -0.39 is 0 Å². The number of quaternary nitrogens is 2. The number of aromatic nitrogens is 4. The summed E-state index contributed by atoms with van der Waals surface area (Å²) in [5.41, 5.74) is 14.6. The number of nitrogens with one attached hydrogen (secondary N) is 2. The lowest BCUT2D eigenvalue weighted by molar-refractivity contribution is 0.486. The molecule has 0 atom stereocenters. The van der Waals surface area contributed by atoms with E-state index in [1.54, 1.807) is 0 Å². The highest BCUT2D eigenvalue weighted by atomic mass is 15.3. The van der Waals surface area contributed by atoms with Crippen LogP contribution in [-0.4, -0.2) is 62.2 Å². The highest BCUT2D eigenvalue weighted by Gasteiger charge is 2.17. The fourth-order valence-electron chi connectivity index (χ4n) is 5.83. The van der Waals surface area contributed by atoms with Crippen LogP contribution in [0, 0.1) is 0 Å². The van der Waals surface area contributed by atoms with Crippen LogP contribution in [-0.2, 0) is 0 Å². The Morgan fingerprint density at radius 3 is 1.27 bits per heavy atom. The summed E-state index contributed by atoms with van der Waals surface area (Å²) in [6.07, 6.45) is 8.35. The Kier molecular flexibility index (Phi) is 6.50. The molecular formula is C38H38N6+2. The summed E-state index contributed by atoms with van der Waals surface area (Å²) in [4.78, 5) is 17.5. The molecule has 8 bridgehead atoms. The molecule has 0 radical (unpaired) electrons. The van der Waals surface area contributed by atoms with Gasteiger partial charge in [0.05, 0.1) is 65.1 Å². The van der Waals surface area contributed by atoms with Gasteiger partial charge < -0.3 is 9.97 Å². The van der Waals surface area contributed by atoms with Gasteiger partial charge in [-0.15, -0.1) is 0 Å². The zero-order chi connectivity index (χ0) is 30.6. The van der Waals surface area contributed by atoms with Gasteiger partial charge in [-0.1, -0.05) is 0 Å². The third kappa shape index (κ3) is 5.30. The summed E-state index contributed by atoms with van der Waals surface area (Å²) in [5.74, 6) is 0. The van der Waals surface area contributed by atoms with Gasteiger partial charge in [-0.2, -0.15) is 0 Å².